The molecule has 0 saturated heterocycles. The second-order valence-electron chi connectivity index (χ2n) is 6.32. The van der Waals surface area contributed by atoms with Gasteiger partial charge in [0.15, 0.2) is 0 Å². The Labute approximate surface area is 129 Å². The van der Waals surface area contributed by atoms with Crippen LogP contribution in [0.3, 0.4) is 0 Å². The lowest BCUT2D eigenvalue weighted by Crippen LogP contribution is -2.40. The van der Waals surface area contributed by atoms with E-state index in [2.05, 4.69) is 36.4 Å². The van der Waals surface area contributed by atoms with Crippen molar-refractivity contribution in [3.63, 3.8) is 0 Å². The van der Waals surface area contributed by atoms with Gasteiger partial charge in [-0.1, -0.05) is 13.8 Å². The van der Waals surface area contributed by atoms with Crippen LogP contribution in [-0.2, 0) is 0 Å². The van der Waals surface area contributed by atoms with Crippen LogP contribution in [0.15, 0.2) is 24.3 Å². The highest BCUT2D eigenvalue weighted by Crippen LogP contribution is 2.36. The summed E-state index contributed by atoms with van der Waals surface area (Å²) < 4.78 is 1.16. The monoisotopic (exact) mass is 371 g/mol. The fraction of sp³-hybridized carbons (Fsp3) is 0.562. The van der Waals surface area contributed by atoms with Crippen LogP contribution < -0.4 is 0 Å². The Morgan fingerprint density at radius 2 is 1.74 bits per heavy atom. The van der Waals surface area contributed by atoms with Crippen molar-refractivity contribution in [2.75, 3.05) is 7.05 Å². The molecule has 2 rings (SSSR count). The summed E-state index contributed by atoms with van der Waals surface area (Å²) in [5.41, 5.74) is 1.25. The lowest BCUT2D eigenvalue weighted by atomic mass is 9.75. The van der Waals surface area contributed by atoms with E-state index in [0.717, 1.165) is 22.0 Å². The van der Waals surface area contributed by atoms with E-state index in [1.807, 2.05) is 36.2 Å². The molecular weight excluding hydrogens is 349 g/mol. The number of nitrogens with zero attached hydrogens (tertiary/aromatic N) is 1. The van der Waals surface area contributed by atoms with Crippen molar-refractivity contribution in [2.45, 2.75) is 45.6 Å². The van der Waals surface area contributed by atoms with Gasteiger partial charge >= 0.3 is 0 Å². The van der Waals surface area contributed by atoms with Crippen LogP contribution in [-0.4, -0.2) is 23.9 Å². The molecule has 1 aromatic rings. The molecule has 0 N–H and O–H groups in total. The molecule has 0 aliphatic heterocycles. The Balaban J connectivity index is 2.02. The molecule has 0 atom stereocenters. The first-order chi connectivity index (χ1) is 8.89. The van der Waals surface area contributed by atoms with Crippen molar-refractivity contribution < 1.29 is 4.79 Å². The molecule has 19 heavy (non-hydrogen) atoms. The third-order valence-electron chi connectivity index (χ3n) is 4.27. The summed E-state index contributed by atoms with van der Waals surface area (Å²) in [5, 5.41) is 0. The molecule has 1 fully saturated rings. The molecule has 1 aromatic carbocycles. The van der Waals surface area contributed by atoms with Crippen molar-refractivity contribution in [3.8, 4) is 0 Å². The van der Waals surface area contributed by atoms with Crippen molar-refractivity contribution in [1.29, 1.82) is 0 Å². The van der Waals surface area contributed by atoms with Crippen molar-refractivity contribution in [2.24, 2.45) is 5.41 Å². The molecule has 0 unspecified atom stereocenters. The minimum absolute atomic E-state index is 0.154. The normalized spacial score (nSPS) is 19.2. The topological polar surface area (TPSA) is 20.3 Å². The maximum Gasteiger partial charge on any atom is 0.253 e. The van der Waals surface area contributed by atoms with Gasteiger partial charge in [0.25, 0.3) is 5.91 Å². The SMILES string of the molecule is CN(C(=O)c1ccc(I)cc1)C1CCC(C)(C)CC1. The van der Waals surface area contributed by atoms with Gasteiger partial charge in [-0.25, -0.2) is 0 Å². The van der Waals surface area contributed by atoms with E-state index in [-0.39, 0.29) is 5.91 Å². The molecule has 104 valence electrons. The van der Waals surface area contributed by atoms with E-state index >= 15 is 0 Å². The number of benzene rings is 1. The highest BCUT2D eigenvalue weighted by molar-refractivity contribution is 14.1. The van der Waals surface area contributed by atoms with Gasteiger partial charge in [-0.05, 0) is 78.0 Å². The van der Waals surface area contributed by atoms with Gasteiger partial charge in [-0.3, -0.25) is 4.79 Å². The van der Waals surface area contributed by atoms with E-state index in [9.17, 15) is 4.79 Å². The Hall–Kier alpha value is -0.580. The van der Waals surface area contributed by atoms with Crippen LogP contribution in [0.1, 0.15) is 49.9 Å². The second-order valence-corrected chi connectivity index (χ2v) is 7.56. The molecule has 1 saturated carbocycles. The minimum atomic E-state index is 0.154. The quantitative estimate of drug-likeness (QED) is 0.709. The molecule has 2 nitrogen and oxygen atoms in total. The zero-order valence-corrected chi connectivity index (χ0v) is 14.1. The van der Waals surface area contributed by atoms with Gasteiger partial charge in [0.1, 0.15) is 0 Å². The molecule has 1 aliphatic rings. The number of rotatable bonds is 2. The predicted octanol–water partition coefficient (Wildman–Crippen LogP) is 4.33. The van der Waals surface area contributed by atoms with Crippen LogP contribution in [0.25, 0.3) is 0 Å². The van der Waals surface area contributed by atoms with Gasteiger partial charge in [0.2, 0.25) is 0 Å². The Morgan fingerprint density at radius 1 is 1.21 bits per heavy atom. The van der Waals surface area contributed by atoms with E-state index in [1.165, 1.54) is 12.8 Å². The smallest absolute Gasteiger partial charge is 0.253 e. The number of amides is 1. The number of hydrogen-bond donors (Lipinski definition) is 0. The fourth-order valence-electron chi connectivity index (χ4n) is 2.73. The summed E-state index contributed by atoms with van der Waals surface area (Å²) in [6, 6.07) is 8.23. The van der Waals surface area contributed by atoms with Crippen LogP contribution in [0.2, 0.25) is 0 Å². The van der Waals surface area contributed by atoms with Crippen LogP contribution >= 0.6 is 22.6 Å². The summed E-state index contributed by atoms with van der Waals surface area (Å²) in [7, 11) is 1.95. The van der Waals surface area contributed by atoms with Crippen LogP contribution in [0.5, 0.6) is 0 Å². The molecule has 3 heteroatoms. The molecule has 0 radical (unpaired) electrons. The molecule has 0 bridgehead atoms. The summed E-state index contributed by atoms with van der Waals surface area (Å²) in [4.78, 5) is 14.4. The zero-order chi connectivity index (χ0) is 14.0. The van der Waals surface area contributed by atoms with Crippen molar-refractivity contribution in [1.82, 2.24) is 4.90 Å². The Bertz CT molecular complexity index is 442. The summed E-state index contributed by atoms with van der Waals surface area (Å²) >= 11 is 2.26. The Kier molecular flexibility index (Phi) is 4.54. The molecule has 1 amide bonds. The van der Waals surface area contributed by atoms with Gasteiger partial charge < -0.3 is 4.90 Å². The van der Waals surface area contributed by atoms with Gasteiger partial charge in [0, 0.05) is 22.2 Å². The van der Waals surface area contributed by atoms with E-state index in [4.69, 9.17) is 0 Å². The Morgan fingerprint density at radius 3 is 2.26 bits per heavy atom. The lowest BCUT2D eigenvalue weighted by Gasteiger charge is -2.38. The first-order valence-corrected chi connectivity index (χ1v) is 8.00. The molecular formula is C16H22INO. The van der Waals surface area contributed by atoms with Gasteiger partial charge in [0.05, 0.1) is 0 Å². The number of hydrogen-bond acceptors (Lipinski definition) is 1. The maximum absolute atomic E-state index is 12.4. The molecule has 0 spiro atoms. The predicted molar refractivity (Wildman–Crippen MR) is 87.3 cm³/mol. The number of halogens is 1. The van der Waals surface area contributed by atoms with Crippen LogP contribution in [0, 0.1) is 8.99 Å². The largest absolute Gasteiger partial charge is 0.339 e. The van der Waals surface area contributed by atoms with Gasteiger partial charge in [-0.2, -0.15) is 0 Å². The van der Waals surface area contributed by atoms with Crippen molar-refractivity contribution in [3.05, 3.63) is 33.4 Å². The summed E-state index contributed by atoms with van der Waals surface area (Å²) in [6.07, 6.45) is 4.67. The average molecular weight is 371 g/mol. The van der Waals surface area contributed by atoms with Crippen molar-refractivity contribution >= 4 is 28.5 Å². The third kappa shape index (κ3) is 3.71. The third-order valence-corrected chi connectivity index (χ3v) is 4.99. The number of carbonyl (C=O) groups excluding carboxylic acids is 1. The maximum atomic E-state index is 12.4. The summed E-state index contributed by atoms with van der Waals surface area (Å²) in [6.45, 7) is 4.65. The van der Waals surface area contributed by atoms with E-state index in [0.29, 0.717) is 11.5 Å². The van der Waals surface area contributed by atoms with E-state index in [1.54, 1.807) is 0 Å². The molecule has 1 aliphatic carbocycles. The van der Waals surface area contributed by atoms with Gasteiger partial charge in [-0.15, -0.1) is 0 Å². The highest BCUT2D eigenvalue weighted by atomic mass is 127. The zero-order valence-electron chi connectivity index (χ0n) is 11.9. The van der Waals surface area contributed by atoms with Crippen LogP contribution in [0.4, 0.5) is 0 Å². The second kappa shape index (κ2) is 5.81. The highest BCUT2D eigenvalue weighted by Gasteiger charge is 2.30. The lowest BCUT2D eigenvalue weighted by molar-refractivity contribution is 0.0635. The number of carbonyl (C=O) groups is 1. The average Bonchev–Trinajstić information content (AvgIpc) is 2.38. The standard InChI is InChI=1S/C16H22INO/c1-16(2)10-8-14(9-11-16)18(3)15(19)12-4-6-13(17)7-5-12/h4-7,14H,8-11H2,1-3H3. The fourth-order valence-corrected chi connectivity index (χ4v) is 3.09. The summed E-state index contributed by atoms with van der Waals surface area (Å²) in [5.74, 6) is 0.154. The van der Waals surface area contributed by atoms with E-state index < -0.39 is 0 Å². The molecule has 0 heterocycles. The molecule has 0 aromatic heterocycles. The minimum Gasteiger partial charge on any atom is -0.339 e. The first-order valence-electron chi connectivity index (χ1n) is 6.92. The first kappa shape index (κ1) is 14.8.